The first-order valence-corrected chi connectivity index (χ1v) is 7.98. The molecule has 0 rings (SSSR count). The molecule has 0 amide bonds. The molecule has 0 aromatic rings. The lowest BCUT2D eigenvalue weighted by atomic mass is 10.3. The summed E-state index contributed by atoms with van der Waals surface area (Å²) < 4.78 is 23.2. The van der Waals surface area contributed by atoms with E-state index in [-0.39, 0.29) is 22.5 Å². The molecule has 4 nitrogen and oxygen atoms in total. The summed E-state index contributed by atoms with van der Waals surface area (Å²) in [6, 6.07) is 0. The number of carbonyl (C=O) groups excluding carboxylic acids is 1. The van der Waals surface area contributed by atoms with Gasteiger partial charge in [-0.15, -0.1) is 0 Å². The summed E-state index contributed by atoms with van der Waals surface area (Å²) in [7, 11) is -3.38. The van der Waals surface area contributed by atoms with Crippen molar-refractivity contribution < 1.29 is 18.4 Å². The zero-order valence-electron chi connectivity index (χ0n) is 10.9. The third kappa shape index (κ3) is 7.14. The fourth-order valence-corrected chi connectivity index (χ4v) is 3.85. The van der Waals surface area contributed by atoms with Gasteiger partial charge < -0.3 is 9.05 Å². The van der Waals surface area contributed by atoms with E-state index >= 15 is 0 Å². The molecular formula is C11H20BrO4P. The Morgan fingerprint density at radius 2 is 1.65 bits per heavy atom. The molecule has 100 valence electrons. The molecule has 0 spiro atoms. The Kier molecular flexibility index (Phi) is 7.49. The van der Waals surface area contributed by atoms with Gasteiger partial charge in [-0.3, -0.25) is 9.36 Å². The van der Waals surface area contributed by atoms with Gasteiger partial charge in [-0.25, -0.2) is 0 Å². The fraction of sp³-hybridized carbons (Fsp3) is 0.727. The van der Waals surface area contributed by atoms with Crippen molar-refractivity contribution >= 4 is 29.3 Å². The quantitative estimate of drug-likeness (QED) is 0.518. The molecule has 0 aromatic carbocycles. The molecule has 17 heavy (non-hydrogen) atoms. The number of hydrogen-bond acceptors (Lipinski definition) is 4. The summed E-state index contributed by atoms with van der Waals surface area (Å²) in [5.74, 6) is 1.11. The standard InChI is InChI=1S/C11H20BrO4P/c1-6-11(13)10(12)7-17(14,15-8(2)3)16-9(4)5/h7-9H,6H2,1-5H3/b10-7+. The third-order valence-corrected chi connectivity index (χ3v) is 4.60. The Morgan fingerprint density at radius 1 is 1.24 bits per heavy atom. The van der Waals surface area contributed by atoms with E-state index in [2.05, 4.69) is 15.9 Å². The van der Waals surface area contributed by atoms with Gasteiger partial charge in [0.2, 0.25) is 0 Å². The summed E-state index contributed by atoms with van der Waals surface area (Å²) in [6.07, 6.45) is -0.152. The van der Waals surface area contributed by atoms with Crippen LogP contribution in [0.1, 0.15) is 41.0 Å². The van der Waals surface area contributed by atoms with Crippen LogP contribution in [0.15, 0.2) is 10.3 Å². The average molecular weight is 327 g/mol. The Balaban J connectivity index is 5.05. The minimum atomic E-state index is -3.38. The summed E-state index contributed by atoms with van der Waals surface area (Å²) in [5.41, 5.74) is 0. The second kappa shape index (κ2) is 7.47. The number of hydrogen-bond donors (Lipinski definition) is 0. The smallest absolute Gasteiger partial charge is 0.303 e. The summed E-state index contributed by atoms with van der Waals surface area (Å²) in [6.45, 7) is 8.79. The minimum Gasteiger partial charge on any atom is -0.303 e. The van der Waals surface area contributed by atoms with Crippen LogP contribution in [-0.4, -0.2) is 18.0 Å². The molecule has 6 heteroatoms. The predicted molar refractivity (Wildman–Crippen MR) is 72.4 cm³/mol. The molecule has 0 saturated carbocycles. The molecule has 0 aliphatic heterocycles. The lowest BCUT2D eigenvalue weighted by Crippen LogP contribution is -2.07. The van der Waals surface area contributed by atoms with Gasteiger partial charge in [0.05, 0.1) is 16.7 Å². The number of Topliss-reactive ketones (excluding diaryl/α,β-unsaturated/α-hetero) is 1. The predicted octanol–water partition coefficient (Wildman–Crippen LogP) is 4.24. The topological polar surface area (TPSA) is 52.6 Å². The first kappa shape index (κ1) is 17.0. The van der Waals surface area contributed by atoms with E-state index in [1.165, 1.54) is 5.82 Å². The first-order chi connectivity index (χ1) is 7.70. The van der Waals surface area contributed by atoms with E-state index in [9.17, 15) is 9.36 Å². The van der Waals surface area contributed by atoms with Crippen molar-refractivity contribution in [3.63, 3.8) is 0 Å². The van der Waals surface area contributed by atoms with Crippen molar-refractivity contribution in [1.29, 1.82) is 0 Å². The van der Waals surface area contributed by atoms with Crippen LogP contribution in [0.3, 0.4) is 0 Å². The van der Waals surface area contributed by atoms with Crippen molar-refractivity contribution in [3.05, 3.63) is 10.3 Å². The van der Waals surface area contributed by atoms with Crippen molar-refractivity contribution in [3.8, 4) is 0 Å². The molecule has 0 heterocycles. The SMILES string of the molecule is CCC(=O)/C(Br)=C\P(=O)(OC(C)C)OC(C)C. The van der Waals surface area contributed by atoms with Crippen molar-refractivity contribution in [2.45, 2.75) is 53.2 Å². The molecule has 0 fully saturated rings. The molecule has 0 saturated heterocycles. The fourth-order valence-electron chi connectivity index (χ4n) is 1.05. The van der Waals surface area contributed by atoms with E-state index in [0.29, 0.717) is 6.42 Å². The number of halogens is 1. The van der Waals surface area contributed by atoms with Crippen LogP contribution in [0.5, 0.6) is 0 Å². The monoisotopic (exact) mass is 326 g/mol. The maximum Gasteiger partial charge on any atom is 0.355 e. The van der Waals surface area contributed by atoms with Crippen molar-refractivity contribution in [2.75, 3.05) is 0 Å². The maximum atomic E-state index is 12.4. The Morgan fingerprint density at radius 3 is 1.94 bits per heavy atom. The molecule has 0 atom stereocenters. The van der Waals surface area contributed by atoms with E-state index in [4.69, 9.17) is 9.05 Å². The van der Waals surface area contributed by atoms with Crippen molar-refractivity contribution in [1.82, 2.24) is 0 Å². The zero-order chi connectivity index (χ0) is 13.6. The van der Waals surface area contributed by atoms with Crippen LogP contribution < -0.4 is 0 Å². The van der Waals surface area contributed by atoms with Crippen LogP contribution in [0.4, 0.5) is 0 Å². The number of allylic oxidation sites excluding steroid dienone is 1. The van der Waals surface area contributed by atoms with Crippen LogP contribution in [0.2, 0.25) is 0 Å². The van der Waals surface area contributed by atoms with Crippen LogP contribution in [0.25, 0.3) is 0 Å². The average Bonchev–Trinajstić information content (AvgIpc) is 2.12. The Bertz CT molecular complexity index is 322. The van der Waals surface area contributed by atoms with E-state index in [1.54, 1.807) is 34.6 Å². The summed E-state index contributed by atoms with van der Waals surface area (Å²) in [5, 5.41) is 0. The van der Waals surface area contributed by atoms with Gasteiger partial charge in [-0.2, -0.15) is 0 Å². The van der Waals surface area contributed by atoms with E-state index in [1.807, 2.05) is 0 Å². The van der Waals surface area contributed by atoms with Crippen molar-refractivity contribution in [2.24, 2.45) is 0 Å². The molecule has 0 radical (unpaired) electrons. The Labute approximate surface area is 111 Å². The molecule has 0 aliphatic carbocycles. The van der Waals surface area contributed by atoms with Gasteiger partial charge in [-0.1, -0.05) is 6.92 Å². The highest BCUT2D eigenvalue weighted by atomic mass is 79.9. The molecule has 0 bridgehead atoms. The lowest BCUT2D eigenvalue weighted by molar-refractivity contribution is -0.114. The molecule has 0 aromatic heterocycles. The van der Waals surface area contributed by atoms with Gasteiger partial charge in [0.15, 0.2) is 5.78 Å². The second-order valence-electron chi connectivity index (χ2n) is 4.10. The highest BCUT2D eigenvalue weighted by molar-refractivity contribution is 9.12. The van der Waals surface area contributed by atoms with Crippen LogP contribution in [0, 0.1) is 0 Å². The van der Waals surface area contributed by atoms with E-state index in [0.717, 1.165) is 0 Å². The molecular weight excluding hydrogens is 307 g/mol. The second-order valence-corrected chi connectivity index (χ2v) is 6.72. The Hall–Kier alpha value is 0.0400. The normalized spacial score (nSPS) is 13.5. The summed E-state index contributed by atoms with van der Waals surface area (Å²) in [4.78, 5) is 11.4. The van der Waals surface area contributed by atoms with Gasteiger partial charge >= 0.3 is 7.60 Å². The number of ketones is 1. The van der Waals surface area contributed by atoms with Gasteiger partial charge in [0.1, 0.15) is 0 Å². The molecule has 0 aliphatic rings. The summed E-state index contributed by atoms with van der Waals surface area (Å²) >= 11 is 3.10. The van der Waals surface area contributed by atoms with Crippen LogP contribution in [-0.2, 0) is 18.4 Å². The maximum absolute atomic E-state index is 12.4. The molecule has 0 unspecified atom stereocenters. The van der Waals surface area contributed by atoms with Gasteiger partial charge in [0, 0.05) is 12.2 Å². The van der Waals surface area contributed by atoms with Gasteiger partial charge in [0.25, 0.3) is 0 Å². The van der Waals surface area contributed by atoms with Gasteiger partial charge in [-0.05, 0) is 43.6 Å². The third-order valence-electron chi connectivity index (χ3n) is 1.57. The number of rotatable bonds is 7. The largest absolute Gasteiger partial charge is 0.355 e. The minimum absolute atomic E-state index is 0.134. The highest BCUT2D eigenvalue weighted by Crippen LogP contribution is 2.53. The van der Waals surface area contributed by atoms with E-state index < -0.39 is 7.60 Å². The highest BCUT2D eigenvalue weighted by Gasteiger charge is 2.26. The molecule has 0 N–H and O–H groups in total. The van der Waals surface area contributed by atoms with Crippen LogP contribution >= 0.6 is 23.5 Å². The first-order valence-electron chi connectivity index (χ1n) is 5.58. The number of carbonyl (C=O) groups is 1. The lowest BCUT2D eigenvalue weighted by Gasteiger charge is -2.20. The zero-order valence-corrected chi connectivity index (χ0v) is 13.4.